The van der Waals surface area contributed by atoms with Crippen LogP contribution < -0.4 is 10.4 Å². The fourth-order valence-corrected chi connectivity index (χ4v) is 3.31. The van der Waals surface area contributed by atoms with Crippen LogP contribution in [-0.2, 0) is 16.0 Å². The maximum atomic E-state index is 12.3. The van der Waals surface area contributed by atoms with Crippen molar-refractivity contribution < 1.29 is 23.8 Å². The Morgan fingerprint density at radius 2 is 1.93 bits per heavy atom. The predicted octanol–water partition coefficient (Wildman–Crippen LogP) is 3.84. The molecule has 2 heterocycles. The minimum atomic E-state index is -0.752. The molecule has 1 atom stereocenters. The SMILES string of the molecule is CC1(C)Oc2cc3oc(=O)ccc3cc2C[C@H]1OC(=O)C=Cc1ccc(O)cc1. The van der Waals surface area contributed by atoms with E-state index in [2.05, 4.69) is 0 Å². The van der Waals surface area contributed by atoms with Gasteiger partial charge in [0.05, 0.1) is 0 Å². The van der Waals surface area contributed by atoms with Crippen LogP contribution in [0.4, 0.5) is 0 Å². The molecular formula is C23H20O6. The van der Waals surface area contributed by atoms with E-state index in [1.807, 2.05) is 19.9 Å². The van der Waals surface area contributed by atoms with Crippen LogP contribution in [0.3, 0.4) is 0 Å². The third-order valence-electron chi connectivity index (χ3n) is 4.92. The molecule has 0 aliphatic carbocycles. The van der Waals surface area contributed by atoms with Crippen LogP contribution in [-0.4, -0.2) is 22.8 Å². The maximum absolute atomic E-state index is 12.3. The third-order valence-corrected chi connectivity index (χ3v) is 4.92. The molecule has 0 saturated heterocycles. The molecule has 0 unspecified atom stereocenters. The van der Waals surface area contributed by atoms with E-state index < -0.39 is 23.3 Å². The van der Waals surface area contributed by atoms with Crippen molar-refractivity contribution in [2.24, 2.45) is 0 Å². The number of rotatable bonds is 3. The Hall–Kier alpha value is -3.54. The number of hydrogen-bond acceptors (Lipinski definition) is 6. The highest BCUT2D eigenvalue weighted by Crippen LogP contribution is 2.37. The van der Waals surface area contributed by atoms with Crippen molar-refractivity contribution in [2.45, 2.75) is 32.0 Å². The predicted molar refractivity (Wildman–Crippen MR) is 108 cm³/mol. The lowest BCUT2D eigenvalue weighted by molar-refractivity contribution is -0.155. The summed E-state index contributed by atoms with van der Waals surface area (Å²) in [7, 11) is 0. The molecule has 0 amide bonds. The van der Waals surface area contributed by atoms with Gasteiger partial charge in [-0.25, -0.2) is 9.59 Å². The molecule has 1 N–H and O–H groups in total. The summed E-state index contributed by atoms with van der Waals surface area (Å²) >= 11 is 0. The van der Waals surface area contributed by atoms with Crippen molar-refractivity contribution in [2.75, 3.05) is 0 Å². The van der Waals surface area contributed by atoms with Crippen molar-refractivity contribution >= 4 is 23.0 Å². The number of benzene rings is 2. The molecule has 2 aromatic carbocycles. The van der Waals surface area contributed by atoms with E-state index in [0.29, 0.717) is 17.8 Å². The largest absolute Gasteiger partial charge is 0.508 e. The summed E-state index contributed by atoms with van der Waals surface area (Å²) in [6.45, 7) is 3.70. The topological polar surface area (TPSA) is 86.0 Å². The Labute approximate surface area is 167 Å². The van der Waals surface area contributed by atoms with Gasteiger partial charge in [0.1, 0.15) is 28.8 Å². The highest BCUT2D eigenvalue weighted by Gasteiger charge is 2.39. The zero-order valence-corrected chi connectivity index (χ0v) is 16.0. The van der Waals surface area contributed by atoms with Gasteiger partial charge in [-0.3, -0.25) is 0 Å². The Kier molecular flexibility index (Phi) is 4.62. The zero-order valence-electron chi connectivity index (χ0n) is 16.0. The van der Waals surface area contributed by atoms with Crippen molar-refractivity contribution in [3.8, 4) is 11.5 Å². The normalized spacial score (nSPS) is 17.7. The number of fused-ring (bicyclic) bond motifs is 2. The number of aromatic hydroxyl groups is 1. The van der Waals surface area contributed by atoms with Gasteiger partial charge in [-0.15, -0.1) is 0 Å². The van der Waals surface area contributed by atoms with Crippen LogP contribution >= 0.6 is 0 Å². The minimum Gasteiger partial charge on any atom is -0.508 e. The molecule has 0 saturated carbocycles. The van der Waals surface area contributed by atoms with Gasteiger partial charge >= 0.3 is 11.6 Å². The van der Waals surface area contributed by atoms with Gasteiger partial charge in [0.25, 0.3) is 0 Å². The molecule has 1 aliphatic rings. The van der Waals surface area contributed by atoms with Crippen LogP contribution in [0, 0.1) is 0 Å². The van der Waals surface area contributed by atoms with E-state index in [1.54, 1.807) is 42.5 Å². The molecule has 4 rings (SSSR count). The fourth-order valence-electron chi connectivity index (χ4n) is 3.31. The van der Waals surface area contributed by atoms with E-state index in [4.69, 9.17) is 13.9 Å². The van der Waals surface area contributed by atoms with E-state index in [1.165, 1.54) is 12.1 Å². The average molecular weight is 392 g/mol. The summed E-state index contributed by atoms with van der Waals surface area (Å²) in [6, 6.07) is 13.2. The minimum absolute atomic E-state index is 0.163. The maximum Gasteiger partial charge on any atom is 0.336 e. The molecule has 3 aromatic rings. The van der Waals surface area contributed by atoms with E-state index in [-0.39, 0.29) is 5.75 Å². The fraction of sp³-hybridized carbons (Fsp3) is 0.217. The molecule has 1 aliphatic heterocycles. The smallest absolute Gasteiger partial charge is 0.336 e. The number of hydrogen-bond donors (Lipinski definition) is 1. The highest BCUT2D eigenvalue weighted by atomic mass is 16.6. The van der Waals surface area contributed by atoms with E-state index >= 15 is 0 Å². The van der Waals surface area contributed by atoms with Crippen LogP contribution in [0.2, 0.25) is 0 Å². The molecule has 148 valence electrons. The third kappa shape index (κ3) is 4.01. The average Bonchev–Trinajstić information content (AvgIpc) is 2.66. The number of carbonyl (C=O) groups is 1. The molecule has 0 bridgehead atoms. The molecule has 6 nitrogen and oxygen atoms in total. The monoisotopic (exact) mass is 392 g/mol. The second-order valence-electron chi connectivity index (χ2n) is 7.51. The first-order valence-corrected chi connectivity index (χ1v) is 9.24. The summed E-state index contributed by atoms with van der Waals surface area (Å²) in [4.78, 5) is 23.8. The Balaban J connectivity index is 1.54. The van der Waals surface area contributed by atoms with Crippen molar-refractivity contribution in [3.05, 3.63) is 76.2 Å². The molecular weight excluding hydrogens is 372 g/mol. The van der Waals surface area contributed by atoms with E-state index in [9.17, 15) is 14.7 Å². The Morgan fingerprint density at radius 1 is 1.17 bits per heavy atom. The van der Waals surface area contributed by atoms with Gasteiger partial charge < -0.3 is 19.0 Å². The highest BCUT2D eigenvalue weighted by molar-refractivity contribution is 5.87. The molecule has 0 fully saturated rings. The molecule has 29 heavy (non-hydrogen) atoms. The number of phenolic OH excluding ortho intramolecular Hbond substituents is 1. The summed E-state index contributed by atoms with van der Waals surface area (Å²) in [6.07, 6.45) is 2.98. The number of phenols is 1. The number of esters is 1. The van der Waals surface area contributed by atoms with Gasteiger partial charge in [-0.1, -0.05) is 12.1 Å². The second kappa shape index (κ2) is 7.13. The first kappa shape index (κ1) is 18.8. The molecule has 0 spiro atoms. The van der Waals surface area contributed by atoms with Crippen molar-refractivity contribution in [1.29, 1.82) is 0 Å². The molecule has 0 radical (unpaired) electrons. The lowest BCUT2D eigenvalue weighted by atomic mass is 9.90. The first-order valence-electron chi connectivity index (χ1n) is 9.24. The van der Waals surface area contributed by atoms with Gasteiger partial charge in [0.15, 0.2) is 0 Å². The summed E-state index contributed by atoms with van der Waals surface area (Å²) in [5.74, 6) is 0.301. The molecule has 6 heteroatoms. The van der Waals surface area contributed by atoms with Crippen LogP contribution in [0.1, 0.15) is 25.0 Å². The first-order chi connectivity index (χ1) is 13.8. The summed E-state index contributed by atoms with van der Waals surface area (Å²) in [5, 5.41) is 10.1. The van der Waals surface area contributed by atoms with Gasteiger partial charge in [-0.2, -0.15) is 0 Å². The van der Waals surface area contributed by atoms with E-state index in [0.717, 1.165) is 16.5 Å². The van der Waals surface area contributed by atoms with Crippen molar-refractivity contribution in [3.63, 3.8) is 0 Å². The summed E-state index contributed by atoms with van der Waals surface area (Å²) < 4.78 is 17.0. The lowest BCUT2D eigenvalue weighted by Crippen LogP contribution is -2.48. The van der Waals surface area contributed by atoms with Crippen LogP contribution in [0.15, 0.2) is 63.8 Å². The molecule has 1 aromatic heterocycles. The Bertz CT molecular complexity index is 1150. The van der Waals surface area contributed by atoms with Crippen molar-refractivity contribution in [1.82, 2.24) is 0 Å². The second-order valence-corrected chi connectivity index (χ2v) is 7.51. The number of ether oxygens (including phenoxy) is 2. The van der Waals surface area contributed by atoms with Gasteiger partial charge in [0, 0.05) is 30.0 Å². The van der Waals surface area contributed by atoms with Crippen LogP contribution in [0.25, 0.3) is 17.0 Å². The van der Waals surface area contributed by atoms with Gasteiger partial charge in [0.2, 0.25) is 0 Å². The Morgan fingerprint density at radius 3 is 2.69 bits per heavy atom. The van der Waals surface area contributed by atoms with Gasteiger partial charge in [-0.05, 0) is 55.3 Å². The quantitative estimate of drug-likeness (QED) is 0.414. The number of carbonyl (C=O) groups excluding carboxylic acids is 1. The zero-order chi connectivity index (χ0) is 20.6. The summed E-state index contributed by atoms with van der Waals surface area (Å²) in [5.41, 5.74) is 0.944. The standard InChI is InChI=1S/C23H20O6/c1-23(2)20(28-22(26)9-5-14-3-7-17(24)8-4-14)12-16-11-15-6-10-21(25)27-18(15)13-19(16)29-23/h3-11,13,20,24H,12H2,1-2H3/t20-/m1/s1. The van der Waals surface area contributed by atoms with Crippen LogP contribution in [0.5, 0.6) is 11.5 Å². The lowest BCUT2D eigenvalue weighted by Gasteiger charge is -2.39.